The van der Waals surface area contributed by atoms with Gasteiger partial charge in [-0.3, -0.25) is 10.1 Å². The summed E-state index contributed by atoms with van der Waals surface area (Å²) in [6.07, 6.45) is 8.78. The minimum atomic E-state index is -0.807. The predicted molar refractivity (Wildman–Crippen MR) is 76.4 cm³/mol. The molecule has 0 radical (unpaired) electrons. The molecule has 0 aromatic heterocycles. The van der Waals surface area contributed by atoms with E-state index in [1.165, 1.54) is 19.3 Å². The van der Waals surface area contributed by atoms with Crippen LogP contribution in [0, 0.1) is 0 Å². The van der Waals surface area contributed by atoms with E-state index < -0.39 is 11.5 Å². The van der Waals surface area contributed by atoms with Crippen LogP contribution in [0.3, 0.4) is 0 Å². The Hall–Kier alpha value is -0.610. The lowest BCUT2D eigenvalue weighted by Crippen LogP contribution is -2.51. The molecular formula is C15H29NO3. The summed E-state index contributed by atoms with van der Waals surface area (Å²) in [5, 5.41) is 12.6. The first-order chi connectivity index (χ1) is 9.08. The number of nitrogens with one attached hydrogen (secondary N) is 1. The van der Waals surface area contributed by atoms with E-state index in [0.717, 1.165) is 32.3 Å². The van der Waals surface area contributed by atoms with Crippen LogP contribution in [0.2, 0.25) is 0 Å². The number of unbranched alkanes of at least 4 members (excludes halogenated alkanes) is 4. The maximum Gasteiger partial charge on any atom is 0.323 e. The van der Waals surface area contributed by atoms with Crippen LogP contribution < -0.4 is 5.32 Å². The van der Waals surface area contributed by atoms with Crippen LogP contribution in [-0.2, 0) is 9.53 Å². The molecule has 0 bridgehead atoms. The average molecular weight is 271 g/mol. The highest BCUT2D eigenvalue weighted by atomic mass is 16.5. The van der Waals surface area contributed by atoms with Crippen LogP contribution in [0.5, 0.6) is 0 Å². The standard InChI is InChI=1S/C15H29NO3/c1-3-4-5-6-7-10-15(2,14(17)18)16-12-13-9-8-11-19-13/h13,16H,3-12H2,1-2H3,(H,17,18). The third-order valence-electron chi connectivity index (χ3n) is 4.00. The summed E-state index contributed by atoms with van der Waals surface area (Å²) < 4.78 is 5.53. The highest BCUT2D eigenvalue weighted by Gasteiger charge is 2.33. The zero-order chi connectivity index (χ0) is 14.1. The fourth-order valence-corrected chi connectivity index (χ4v) is 2.50. The fraction of sp³-hybridized carbons (Fsp3) is 0.933. The van der Waals surface area contributed by atoms with Crippen LogP contribution in [0.15, 0.2) is 0 Å². The second kappa shape index (κ2) is 8.54. The summed E-state index contributed by atoms with van der Waals surface area (Å²) in [6, 6.07) is 0. The minimum absolute atomic E-state index is 0.193. The normalized spacial score (nSPS) is 22.3. The monoisotopic (exact) mass is 271 g/mol. The molecule has 4 heteroatoms. The summed E-state index contributed by atoms with van der Waals surface area (Å²) in [4.78, 5) is 11.4. The van der Waals surface area contributed by atoms with Gasteiger partial charge in [-0.2, -0.15) is 0 Å². The van der Waals surface area contributed by atoms with Gasteiger partial charge in [0.25, 0.3) is 0 Å². The fourth-order valence-electron chi connectivity index (χ4n) is 2.50. The molecule has 1 heterocycles. The summed E-state index contributed by atoms with van der Waals surface area (Å²) in [5.74, 6) is -0.749. The van der Waals surface area contributed by atoms with Gasteiger partial charge in [0.15, 0.2) is 0 Å². The van der Waals surface area contributed by atoms with Crippen LogP contribution >= 0.6 is 0 Å². The van der Waals surface area contributed by atoms with E-state index >= 15 is 0 Å². The molecule has 1 saturated heterocycles. The van der Waals surface area contributed by atoms with E-state index in [2.05, 4.69) is 12.2 Å². The number of rotatable bonds is 10. The molecule has 1 fully saturated rings. The van der Waals surface area contributed by atoms with E-state index in [1.807, 2.05) is 0 Å². The molecule has 0 aromatic carbocycles. The second-order valence-corrected chi connectivity index (χ2v) is 5.82. The van der Waals surface area contributed by atoms with Gasteiger partial charge in [-0.1, -0.05) is 39.0 Å². The van der Waals surface area contributed by atoms with E-state index in [-0.39, 0.29) is 6.10 Å². The molecule has 2 N–H and O–H groups in total. The molecule has 2 unspecified atom stereocenters. The average Bonchev–Trinajstić information content (AvgIpc) is 2.89. The number of ether oxygens (including phenoxy) is 1. The lowest BCUT2D eigenvalue weighted by Gasteiger charge is -2.27. The number of hydrogen-bond acceptors (Lipinski definition) is 3. The van der Waals surface area contributed by atoms with Gasteiger partial charge in [-0.25, -0.2) is 0 Å². The summed E-state index contributed by atoms with van der Waals surface area (Å²) in [6.45, 7) is 5.44. The molecule has 0 amide bonds. The van der Waals surface area contributed by atoms with Gasteiger partial charge >= 0.3 is 5.97 Å². The molecule has 0 spiro atoms. The SMILES string of the molecule is CCCCCCCC(C)(NCC1CCCO1)C(=O)O. The van der Waals surface area contributed by atoms with Crippen LogP contribution in [-0.4, -0.2) is 35.9 Å². The first-order valence-electron chi connectivity index (χ1n) is 7.68. The molecule has 0 saturated carbocycles. The Morgan fingerprint density at radius 2 is 2.11 bits per heavy atom. The largest absolute Gasteiger partial charge is 0.480 e. The Morgan fingerprint density at radius 1 is 1.37 bits per heavy atom. The van der Waals surface area contributed by atoms with Crippen molar-refractivity contribution in [2.45, 2.75) is 76.9 Å². The molecule has 1 rings (SSSR count). The van der Waals surface area contributed by atoms with E-state index in [9.17, 15) is 9.90 Å². The van der Waals surface area contributed by atoms with Crippen molar-refractivity contribution in [2.75, 3.05) is 13.2 Å². The third-order valence-corrected chi connectivity index (χ3v) is 4.00. The topological polar surface area (TPSA) is 58.6 Å². The number of carboxylic acid groups (broad SMARTS) is 1. The maximum absolute atomic E-state index is 11.4. The Labute approximate surface area is 116 Å². The number of carboxylic acids is 1. The Balaban J connectivity index is 2.28. The van der Waals surface area contributed by atoms with E-state index in [0.29, 0.717) is 13.0 Å². The highest BCUT2D eigenvalue weighted by molar-refractivity contribution is 5.78. The second-order valence-electron chi connectivity index (χ2n) is 5.82. The van der Waals surface area contributed by atoms with Crippen LogP contribution in [0.25, 0.3) is 0 Å². The van der Waals surface area contributed by atoms with Crippen molar-refractivity contribution in [3.8, 4) is 0 Å². The van der Waals surface area contributed by atoms with Crippen molar-refractivity contribution in [1.82, 2.24) is 5.32 Å². The van der Waals surface area contributed by atoms with Crippen LogP contribution in [0.4, 0.5) is 0 Å². The van der Waals surface area contributed by atoms with Gasteiger partial charge in [-0.15, -0.1) is 0 Å². The maximum atomic E-state index is 11.4. The third kappa shape index (κ3) is 5.91. The van der Waals surface area contributed by atoms with Gasteiger partial charge < -0.3 is 9.84 Å². The van der Waals surface area contributed by atoms with Crippen molar-refractivity contribution < 1.29 is 14.6 Å². The zero-order valence-corrected chi connectivity index (χ0v) is 12.4. The quantitative estimate of drug-likeness (QED) is 0.600. The molecule has 112 valence electrons. The molecule has 0 aromatic rings. The minimum Gasteiger partial charge on any atom is -0.480 e. The van der Waals surface area contributed by atoms with Gasteiger partial charge in [0, 0.05) is 13.2 Å². The van der Waals surface area contributed by atoms with Crippen molar-refractivity contribution in [3.63, 3.8) is 0 Å². The first-order valence-corrected chi connectivity index (χ1v) is 7.68. The highest BCUT2D eigenvalue weighted by Crippen LogP contribution is 2.18. The van der Waals surface area contributed by atoms with E-state index in [4.69, 9.17) is 4.74 Å². The zero-order valence-electron chi connectivity index (χ0n) is 12.4. The summed E-state index contributed by atoms with van der Waals surface area (Å²) in [5.41, 5.74) is -0.807. The summed E-state index contributed by atoms with van der Waals surface area (Å²) in [7, 11) is 0. The molecular weight excluding hydrogens is 242 g/mol. The molecule has 4 nitrogen and oxygen atoms in total. The van der Waals surface area contributed by atoms with Crippen molar-refractivity contribution >= 4 is 5.97 Å². The van der Waals surface area contributed by atoms with Crippen molar-refractivity contribution in [2.24, 2.45) is 0 Å². The Kier molecular flexibility index (Phi) is 7.39. The molecule has 1 aliphatic heterocycles. The van der Waals surface area contributed by atoms with E-state index in [1.54, 1.807) is 6.92 Å². The van der Waals surface area contributed by atoms with Crippen molar-refractivity contribution in [1.29, 1.82) is 0 Å². The van der Waals surface area contributed by atoms with Gasteiger partial charge in [0.1, 0.15) is 5.54 Å². The smallest absolute Gasteiger partial charge is 0.323 e. The summed E-state index contributed by atoms with van der Waals surface area (Å²) >= 11 is 0. The van der Waals surface area contributed by atoms with Gasteiger partial charge in [0.2, 0.25) is 0 Å². The Bertz CT molecular complexity index is 264. The lowest BCUT2D eigenvalue weighted by molar-refractivity contribution is -0.144. The molecule has 0 aliphatic carbocycles. The Morgan fingerprint density at radius 3 is 2.68 bits per heavy atom. The lowest BCUT2D eigenvalue weighted by atomic mass is 9.93. The predicted octanol–water partition coefficient (Wildman–Crippen LogP) is 2.96. The molecule has 1 aliphatic rings. The van der Waals surface area contributed by atoms with Gasteiger partial charge in [0.05, 0.1) is 6.10 Å². The first kappa shape index (κ1) is 16.4. The van der Waals surface area contributed by atoms with Crippen molar-refractivity contribution in [3.05, 3.63) is 0 Å². The van der Waals surface area contributed by atoms with Gasteiger partial charge in [-0.05, 0) is 26.2 Å². The molecule has 2 atom stereocenters. The molecule has 19 heavy (non-hydrogen) atoms. The van der Waals surface area contributed by atoms with Crippen LogP contribution in [0.1, 0.15) is 65.2 Å². The number of aliphatic carboxylic acids is 1. The number of hydrogen-bond donors (Lipinski definition) is 2. The number of carbonyl (C=O) groups is 1.